The van der Waals surface area contributed by atoms with E-state index in [1.165, 1.54) is 16.8 Å². The molecular weight excluding hydrogens is 443 g/mol. The Morgan fingerprint density at radius 3 is 2.38 bits per heavy atom. The Morgan fingerprint density at radius 2 is 1.69 bits per heavy atom. The van der Waals surface area contributed by atoms with Crippen LogP contribution in [0.3, 0.4) is 0 Å². The zero-order valence-corrected chi connectivity index (χ0v) is 20.8. The van der Waals surface area contributed by atoms with Crippen LogP contribution in [0.25, 0.3) is 0 Å². The maximum atomic E-state index is 12.8. The molecule has 5 nitrogen and oxygen atoms in total. The first kappa shape index (κ1) is 24.7. The molecule has 0 aromatic heterocycles. The predicted octanol–water partition coefficient (Wildman–Crippen LogP) is 4.52. The molecule has 0 radical (unpaired) electrons. The Bertz CT molecular complexity index is 925. The van der Waals surface area contributed by atoms with E-state index in [4.69, 9.17) is 28.9 Å². The highest BCUT2D eigenvalue weighted by Gasteiger charge is 2.20. The van der Waals surface area contributed by atoms with Gasteiger partial charge in [0.05, 0.1) is 22.2 Å². The Labute approximate surface area is 202 Å². The second kappa shape index (κ2) is 11.3. The van der Waals surface area contributed by atoms with Gasteiger partial charge in [0, 0.05) is 32.9 Å². The van der Waals surface area contributed by atoms with E-state index >= 15 is 0 Å². The maximum Gasteiger partial charge on any atom is 0.227 e. The molecule has 7 heteroatoms. The fourth-order valence-electron chi connectivity index (χ4n) is 4.16. The third-order valence-electron chi connectivity index (χ3n) is 6.16. The van der Waals surface area contributed by atoms with Gasteiger partial charge in [0.2, 0.25) is 5.91 Å². The first-order valence-electron chi connectivity index (χ1n) is 11.2. The molecule has 174 valence electrons. The number of carbonyl (C=O) groups excluding carboxylic acids is 1. The van der Waals surface area contributed by atoms with E-state index in [2.05, 4.69) is 35.0 Å². The third-order valence-corrected chi connectivity index (χ3v) is 6.79. The quantitative estimate of drug-likeness (QED) is 0.540. The first-order valence-corrected chi connectivity index (χ1v) is 12.0. The van der Waals surface area contributed by atoms with Gasteiger partial charge in [-0.25, -0.2) is 0 Å². The number of hydrogen-bond acceptors (Lipinski definition) is 4. The van der Waals surface area contributed by atoms with Gasteiger partial charge in [-0.15, -0.1) is 0 Å². The van der Waals surface area contributed by atoms with Crippen LogP contribution in [0.4, 0.5) is 11.4 Å². The normalized spacial score (nSPS) is 13.9. The number of fused-ring (bicyclic) bond motifs is 1. The molecule has 3 rings (SSSR count). The zero-order valence-electron chi connectivity index (χ0n) is 19.3. The van der Waals surface area contributed by atoms with Crippen LogP contribution in [-0.4, -0.2) is 63.0 Å². The molecule has 0 atom stereocenters. The van der Waals surface area contributed by atoms with Gasteiger partial charge in [-0.05, 0) is 86.8 Å². The van der Waals surface area contributed by atoms with Gasteiger partial charge in [-0.3, -0.25) is 4.79 Å². The van der Waals surface area contributed by atoms with Crippen molar-refractivity contribution in [1.29, 1.82) is 0 Å². The van der Waals surface area contributed by atoms with Crippen molar-refractivity contribution < 1.29 is 4.79 Å². The number of nitrogens with two attached hydrogens (primary N) is 1. The summed E-state index contributed by atoms with van der Waals surface area (Å²) in [6, 6.07) is 10.2. The number of nitrogens with zero attached hydrogens (tertiary/aromatic N) is 3. The second-order valence-electron chi connectivity index (χ2n) is 8.89. The van der Waals surface area contributed by atoms with Crippen LogP contribution in [0.1, 0.15) is 29.5 Å². The molecule has 0 saturated heterocycles. The number of rotatable bonds is 9. The average molecular weight is 477 g/mol. The second-order valence-corrected chi connectivity index (χ2v) is 9.70. The van der Waals surface area contributed by atoms with Crippen LogP contribution < -0.4 is 10.6 Å². The molecular formula is C25H34Cl2N4O. The lowest BCUT2D eigenvalue weighted by Gasteiger charge is -2.23. The molecule has 1 aliphatic heterocycles. The number of anilines is 2. The molecule has 2 aromatic rings. The van der Waals surface area contributed by atoms with Crippen LogP contribution in [0.2, 0.25) is 10.0 Å². The third kappa shape index (κ3) is 6.53. The number of aryl methyl sites for hydroxylation is 1. The van der Waals surface area contributed by atoms with E-state index in [1.807, 2.05) is 31.1 Å². The van der Waals surface area contributed by atoms with Gasteiger partial charge < -0.3 is 20.4 Å². The summed E-state index contributed by atoms with van der Waals surface area (Å²) in [6.45, 7) is 3.54. The van der Waals surface area contributed by atoms with E-state index in [0.717, 1.165) is 57.4 Å². The van der Waals surface area contributed by atoms with Crippen LogP contribution in [0, 0.1) is 0 Å². The van der Waals surface area contributed by atoms with E-state index in [-0.39, 0.29) is 5.91 Å². The lowest BCUT2D eigenvalue weighted by atomic mass is 10.0. The van der Waals surface area contributed by atoms with Crippen molar-refractivity contribution in [2.24, 2.45) is 0 Å². The molecule has 2 N–H and O–H groups in total. The van der Waals surface area contributed by atoms with Crippen LogP contribution >= 0.6 is 23.2 Å². The lowest BCUT2D eigenvalue weighted by molar-refractivity contribution is -0.130. The molecule has 0 spiro atoms. The monoisotopic (exact) mass is 476 g/mol. The van der Waals surface area contributed by atoms with Crippen molar-refractivity contribution in [1.82, 2.24) is 9.80 Å². The molecule has 1 heterocycles. The van der Waals surface area contributed by atoms with Crippen LogP contribution in [-0.2, 0) is 24.1 Å². The largest absolute Gasteiger partial charge is 0.396 e. The van der Waals surface area contributed by atoms with Crippen LogP contribution in [0.15, 0.2) is 30.3 Å². The summed E-state index contributed by atoms with van der Waals surface area (Å²) in [5.74, 6) is 0.237. The number of hydrogen-bond donors (Lipinski definition) is 1. The van der Waals surface area contributed by atoms with E-state index in [0.29, 0.717) is 22.2 Å². The number of amides is 1. The number of benzene rings is 2. The average Bonchev–Trinajstić information content (AvgIpc) is 2.90. The van der Waals surface area contributed by atoms with Crippen molar-refractivity contribution in [2.45, 2.75) is 32.1 Å². The van der Waals surface area contributed by atoms with Gasteiger partial charge in [-0.2, -0.15) is 0 Å². The highest BCUT2D eigenvalue weighted by Crippen LogP contribution is 2.29. The fraction of sp³-hybridized carbons (Fsp3) is 0.480. The molecule has 0 aliphatic carbocycles. The Kier molecular flexibility index (Phi) is 8.69. The van der Waals surface area contributed by atoms with Crippen molar-refractivity contribution in [3.8, 4) is 0 Å². The number of nitrogen functional groups attached to an aromatic ring is 1. The summed E-state index contributed by atoms with van der Waals surface area (Å²) >= 11 is 12.2. The summed E-state index contributed by atoms with van der Waals surface area (Å²) in [5.41, 5.74) is 11.0. The number of halogens is 2. The fourth-order valence-corrected chi connectivity index (χ4v) is 4.70. The van der Waals surface area contributed by atoms with Gasteiger partial charge in [0.25, 0.3) is 0 Å². The summed E-state index contributed by atoms with van der Waals surface area (Å²) < 4.78 is 0. The van der Waals surface area contributed by atoms with Crippen molar-refractivity contribution >= 4 is 40.5 Å². The van der Waals surface area contributed by atoms with Gasteiger partial charge in [-0.1, -0.05) is 29.3 Å². The summed E-state index contributed by atoms with van der Waals surface area (Å²) in [5, 5.41) is 1.03. The molecule has 0 bridgehead atoms. The Hall–Kier alpha value is -1.95. The zero-order chi connectivity index (χ0) is 23.3. The topological polar surface area (TPSA) is 52.8 Å². The summed E-state index contributed by atoms with van der Waals surface area (Å²) in [7, 11) is 6.23. The van der Waals surface area contributed by atoms with Crippen molar-refractivity contribution in [3.05, 3.63) is 57.1 Å². The molecule has 2 aromatic carbocycles. The van der Waals surface area contributed by atoms with Crippen molar-refractivity contribution in [3.63, 3.8) is 0 Å². The Balaban J connectivity index is 1.41. The standard InChI is InChI=1S/C25H34Cl2N4O/c1-29(2)21-8-7-19-17-24(32)31(13-9-20(19)16-21)12-5-11-30(3)10-4-6-18-14-22(26)25(28)23(27)15-18/h7-8,14-16H,4-6,9-13,17,28H2,1-3H3. The maximum absolute atomic E-state index is 12.8. The molecule has 0 unspecified atom stereocenters. The molecule has 32 heavy (non-hydrogen) atoms. The van der Waals surface area contributed by atoms with E-state index in [1.54, 1.807) is 0 Å². The van der Waals surface area contributed by atoms with Gasteiger partial charge in [0.15, 0.2) is 0 Å². The molecule has 0 saturated carbocycles. The summed E-state index contributed by atoms with van der Waals surface area (Å²) in [6.07, 6.45) is 4.32. The van der Waals surface area contributed by atoms with E-state index < -0.39 is 0 Å². The molecule has 0 fully saturated rings. The minimum atomic E-state index is 0.237. The van der Waals surface area contributed by atoms with Crippen molar-refractivity contribution in [2.75, 3.05) is 58.0 Å². The minimum absolute atomic E-state index is 0.237. The first-order chi connectivity index (χ1) is 15.2. The predicted molar refractivity (Wildman–Crippen MR) is 136 cm³/mol. The molecule has 1 aliphatic rings. The molecule has 1 amide bonds. The summed E-state index contributed by atoms with van der Waals surface area (Å²) in [4.78, 5) is 19.2. The van der Waals surface area contributed by atoms with Gasteiger partial charge >= 0.3 is 0 Å². The highest BCUT2D eigenvalue weighted by molar-refractivity contribution is 6.38. The highest BCUT2D eigenvalue weighted by atomic mass is 35.5. The van der Waals surface area contributed by atoms with E-state index in [9.17, 15) is 4.79 Å². The SMILES string of the molecule is CN(CCCc1cc(Cl)c(N)c(Cl)c1)CCCN1CCc2cc(N(C)C)ccc2CC1=O. The lowest BCUT2D eigenvalue weighted by Crippen LogP contribution is -2.35. The minimum Gasteiger partial charge on any atom is -0.396 e. The Morgan fingerprint density at radius 1 is 1.00 bits per heavy atom. The van der Waals surface area contributed by atoms with Crippen LogP contribution in [0.5, 0.6) is 0 Å². The van der Waals surface area contributed by atoms with Gasteiger partial charge in [0.1, 0.15) is 0 Å². The smallest absolute Gasteiger partial charge is 0.227 e. The number of carbonyl (C=O) groups is 1.